The summed E-state index contributed by atoms with van der Waals surface area (Å²) in [5.41, 5.74) is 1.33. The SMILES string of the molecule is COc1cc(C)nc(COc2cccnc2C(=O)O)c1. The molecule has 6 nitrogen and oxygen atoms in total. The van der Waals surface area contributed by atoms with Crippen molar-refractivity contribution in [1.29, 1.82) is 0 Å². The molecule has 0 amide bonds. The normalized spacial score (nSPS) is 10.1. The lowest BCUT2D eigenvalue weighted by Gasteiger charge is -2.09. The second kappa shape index (κ2) is 6.01. The van der Waals surface area contributed by atoms with E-state index in [2.05, 4.69) is 9.97 Å². The molecule has 0 aliphatic carbocycles. The number of aromatic nitrogens is 2. The Bertz CT molecular complexity index is 628. The van der Waals surface area contributed by atoms with E-state index in [0.29, 0.717) is 11.4 Å². The van der Waals surface area contributed by atoms with Gasteiger partial charge in [-0.25, -0.2) is 9.78 Å². The number of rotatable bonds is 5. The lowest BCUT2D eigenvalue weighted by molar-refractivity contribution is 0.0684. The van der Waals surface area contributed by atoms with Crippen molar-refractivity contribution in [2.45, 2.75) is 13.5 Å². The Balaban J connectivity index is 2.17. The fraction of sp³-hybridized carbons (Fsp3) is 0.214. The Morgan fingerprint density at radius 1 is 1.40 bits per heavy atom. The first-order chi connectivity index (χ1) is 9.60. The van der Waals surface area contributed by atoms with Gasteiger partial charge in [-0.05, 0) is 19.1 Å². The number of pyridine rings is 2. The standard InChI is InChI=1S/C14H14N2O4/c1-9-6-11(19-2)7-10(16-9)8-20-12-4-3-5-15-13(12)14(17)18/h3-7H,8H2,1-2H3,(H,17,18). The van der Waals surface area contributed by atoms with E-state index in [0.717, 1.165) is 5.69 Å². The van der Waals surface area contributed by atoms with Crippen LogP contribution in [-0.4, -0.2) is 28.2 Å². The fourth-order valence-electron chi connectivity index (χ4n) is 1.71. The van der Waals surface area contributed by atoms with E-state index in [1.165, 1.54) is 6.20 Å². The number of aromatic carboxylic acids is 1. The molecule has 2 rings (SSSR count). The van der Waals surface area contributed by atoms with Gasteiger partial charge in [0, 0.05) is 24.0 Å². The Kier molecular flexibility index (Phi) is 4.14. The van der Waals surface area contributed by atoms with E-state index in [-0.39, 0.29) is 18.1 Å². The molecule has 0 saturated carbocycles. The number of methoxy groups -OCH3 is 1. The molecule has 0 spiro atoms. The lowest BCUT2D eigenvalue weighted by Crippen LogP contribution is -2.06. The van der Waals surface area contributed by atoms with Crippen LogP contribution in [0.5, 0.6) is 11.5 Å². The van der Waals surface area contributed by atoms with Gasteiger partial charge in [0.05, 0.1) is 12.8 Å². The first-order valence-corrected chi connectivity index (χ1v) is 5.93. The maximum absolute atomic E-state index is 11.0. The Hall–Kier alpha value is -2.63. The molecule has 0 bridgehead atoms. The Morgan fingerprint density at radius 3 is 2.90 bits per heavy atom. The minimum absolute atomic E-state index is 0.118. The summed E-state index contributed by atoms with van der Waals surface area (Å²) in [4.78, 5) is 19.1. The molecule has 6 heteroatoms. The van der Waals surface area contributed by atoms with Gasteiger partial charge in [0.15, 0.2) is 11.4 Å². The lowest BCUT2D eigenvalue weighted by atomic mass is 10.3. The monoisotopic (exact) mass is 274 g/mol. The van der Waals surface area contributed by atoms with Crippen molar-refractivity contribution in [3.05, 3.63) is 47.5 Å². The highest BCUT2D eigenvalue weighted by Crippen LogP contribution is 2.18. The van der Waals surface area contributed by atoms with E-state index in [1.807, 2.05) is 6.92 Å². The van der Waals surface area contributed by atoms with Crippen molar-refractivity contribution in [3.8, 4) is 11.5 Å². The largest absolute Gasteiger partial charge is 0.497 e. The van der Waals surface area contributed by atoms with Gasteiger partial charge in [-0.1, -0.05) is 0 Å². The zero-order valence-electron chi connectivity index (χ0n) is 11.2. The predicted molar refractivity (Wildman–Crippen MR) is 71.1 cm³/mol. The molecule has 0 atom stereocenters. The molecule has 0 aliphatic rings. The van der Waals surface area contributed by atoms with Crippen LogP contribution in [0.25, 0.3) is 0 Å². The number of nitrogens with zero attached hydrogens (tertiary/aromatic N) is 2. The molecular formula is C14H14N2O4. The third-order valence-corrected chi connectivity index (χ3v) is 2.56. The molecule has 0 fully saturated rings. The second-order valence-corrected chi connectivity index (χ2v) is 4.08. The summed E-state index contributed by atoms with van der Waals surface area (Å²) in [5.74, 6) is -0.238. The van der Waals surface area contributed by atoms with Gasteiger partial charge in [-0.3, -0.25) is 4.98 Å². The number of carboxylic acid groups (broad SMARTS) is 1. The van der Waals surface area contributed by atoms with E-state index in [9.17, 15) is 4.79 Å². The van der Waals surface area contributed by atoms with Gasteiger partial charge >= 0.3 is 5.97 Å². The highest BCUT2D eigenvalue weighted by atomic mass is 16.5. The maximum atomic E-state index is 11.0. The minimum Gasteiger partial charge on any atom is -0.497 e. The first-order valence-electron chi connectivity index (χ1n) is 5.93. The number of carbonyl (C=O) groups is 1. The van der Waals surface area contributed by atoms with E-state index < -0.39 is 5.97 Å². The zero-order valence-corrected chi connectivity index (χ0v) is 11.2. The predicted octanol–water partition coefficient (Wildman–Crippen LogP) is 2.07. The van der Waals surface area contributed by atoms with Crippen LogP contribution in [0, 0.1) is 6.92 Å². The van der Waals surface area contributed by atoms with Crippen molar-refractivity contribution < 1.29 is 19.4 Å². The van der Waals surface area contributed by atoms with Crippen LogP contribution in [-0.2, 0) is 6.61 Å². The van der Waals surface area contributed by atoms with Crippen LogP contribution in [0.3, 0.4) is 0 Å². The minimum atomic E-state index is -1.13. The summed E-state index contributed by atoms with van der Waals surface area (Å²) in [6, 6.07) is 6.72. The van der Waals surface area contributed by atoms with E-state index in [4.69, 9.17) is 14.6 Å². The molecule has 104 valence electrons. The third kappa shape index (κ3) is 3.23. The summed E-state index contributed by atoms with van der Waals surface area (Å²) in [6.45, 7) is 1.99. The van der Waals surface area contributed by atoms with Crippen LogP contribution in [0.2, 0.25) is 0 Å². The molecule has 2 heterocycles. The van der Waals surface area contributed by atoms with E-state index >= 15 is 0 Å². The third-order valence-electron chi connectivity index (χ3n) is 2.56. The zero-order chi connectivity index (χ0) is 14.5. The average Bonchev–Trinajstić information content (AvgIpc) is 2.44. The number of carboxylic acids is 1. The van der Waals surface area contributed by atoms with E-state index in [1.54, 1.807) is 31.4 Å². The summed E-state index contributed by atoms with van der Waals surface area (Å²) in [6.07, 6.45) is 1.41. The molecular weight excluding hydrogens is 260 g/mol. The van der Waals surface area contributed by atoms with Crippen LogP contribution in [0.4, 0.5) is 0 Å². The molecule has 0 radical (unpaired) electrons. The van der Waals surface area contributed by atoms with Crippen LogP contribution in [0.1, 0.15) is 21.9 Å². The molecule has 0 aliphatic heterocycles. The Morgan fingerprint density at radius 2 is 2.20 bits per heavy atom. The quantitative estimate of drug-likeness (QED) is 0.898. The van der Waals surface area contributed by atoms with Gasteiger partial charge in [-0.2, -0.15) is 0 Å². The van der Waals surface area contributed by atoms with Gasteiger partial charge in [0.25, 0.3) is 0 Å². The summed E-state index contributed by atoms with van der Waals surface area (Å²) < 4.78 is 10.6. The van der Waals surface area contributed by atoms with Gasteiger partial charge in [0.1, 0.15) is 12.4 Å². The van der Waals surface area contributed by atoms with Crippen molar-refractivity contribution in [3.63, 3.8) is 0 Å². The number of ether oxygens (including phenoxy) is 2. The van der Waals surface area contributed by atoms with Crippen LogP contribution < -0.4 is 9.47 Å². The van der Waals surface area contributed by atoms with Crippen molar-refractivity contribution in [2.75, 3.05) is 7.11 Å². The first kappa shape index (κ1) is 13.8. The second-order valence-electron chi connectivity index (χ2n) is 4.08. The molecule has 2 aromatic heterocycles. The maximum Gasteiger partial charge on any atom is 0.358 e. The highest BCUT2D eigenvalue weighted by molar-refractivity contribution is 5.88. The topological polar surface area (TPSA) is 81.5 Å². The fourth-order valence-corrected chi connectivity index (χ4v) is 1.71. The van der Waals surface area contributed by atoms with Gasteiger partial charge in [-0.15, -0.1) is 0 Å². The van der Waals surface area contributed by atoms with Gasteiger partial charge < -0.3 is 14.6 Å². The summed E-state index contributed by atoms with van der Waals surface area (Å²) in [7, 11) is 1.57. The van der Waals surface area contributed by atoms with Gasteiger partial charge in [0.2, 0.25) is 0 Å². The Labute approximate surface area is 116 Å². The molecule has 0 saturated heterocycles. The molecule has 20 heavy (non-hydrogen) atoms. The molecule has 2 aromatic rings. The van der Waals surface area contributed by atoms with Crippen LogP contribution in [0.15, 0.2) is 30.5 Å². The van der Waals surface area contributed by atoms with Crippen molar-refractivity contribution in [2.24, 2.45) is 0 Å². The number of hydrogen-bond acceptors (Lipinski definition) is 5. The van der Waals surface area contributed by atoms with Crippen LogP contribution >= 0.6 is 0 Å². The molecule has 0 aromatic carbocycles. The van der Waals surface area contributed by atoms with Crippen molar-refractivity contribution >= 4 is 5.97 Å². The average molecular weight is 274 g/mol. The van der Waals surface area contributed by atoms with Crippen molar-refractivity contribution in [1.82, 2.24) is 9.97 Å². The summed E-state index contributed by atoms with van der Waals surface area (Å²) >= 11 is 0. The highest BCUT2D eigenvalue weighted by Gasteiger charge is 2.12. The molecule has 0 unspecified atom stereocenters. The number of aryl methyl sites for hydroxylation is 1. The molecule has 1 N–H and O–H groups in total. The number of hydrogen-bond donors (Lipinski definition) is 1. The smallest absolute Gasteiger partial charge is 0.358 e. The summed E-state index contributed by atoms with van der Waals surface area (Å²) in [5, 5.41) is 9.01.